The van der Waals surface area contributed by atoms with Gasteiger partial charge in [0.2, 0.25) is 17.7 Å². The van der Waals surface area contributed by atoms with Crippen molar-refractivity contribution < 1.29 is 29.0 Å². The lowest BCUT2D eigenvalue weighted by Gasteiger charge is -2.31. The number of allylic oxidation sites excluding steroid dienone is 2. The highest BCUT2D eigenvalue weighted by Gasteiger charge is 2.33. The summed E-state index contributed by atoms with van der Waals surface area (Å²) in [6.45, 7) is 1.81. The van der Waals surface area contributed by atoms with E-state index >= 15 is 0 Å². The minimum absolute atomic E-state index is 0.0465. The molecule has 2 aromatic carbocycles. The third-order valence-electron chi connectivity index (χ3n) is 7.49. The molecule has 228 valence electrons. The first-order chi connectivity index (χ1) is 20.6. The highest BCUT2D eigenvalue weighted by Crippen LogP contribution is 2.29. The SMILES string of the molecule is CC1NC(=O)CCC=CCCCOC(=O)CC(c2ccc(O)cc2)NC(=O)C(Cc2c(Br)[nH]c3ccccc23)N(C)C1=O. The van der Waals surface area contributed by atoms with Crippen molar-refractivity contribution in [3.8, 4) is 5.75 Å². The fourth-order valence-corrected chi connectivity index (χ4v) is 5.68. The zero-order valence-electron chi connectivity index (χ0n) is 24.3. The standard InChI is InChI=1S/C32H37BrN4O6/c1-20-32(42)37(2)27(18-24-23-10-7-8-11-25(23)35-30(24)33)31(41)36-26(21-13-15-22(38)16-14-21)19-29(40)43-17-9-5-3-4-6-12-28(39)34-20/h3-4,7-8,10-11,13-16,20,26-27,35,38H,5-6,9,12,17-19H2,1-2H3,(H,34,39)(H,36,41). The van der Waals surface area contributed by atoms with Gasteiger partial charge in [0.05, 0.1) is 23.7 Å². The van der Waals surface area contributed by atoms with Crippen molar-refractivity contribution in [2.75, 3.05) is 13.7 Å². The number of fused-ring (bicyclic) bond motifs is 1. The third kappa shape index (κ3) is 8.47. The Morgan fingerprint density at radius 3 is 2.49 bits per heavy atom. The predicted octanol–water partition coefficient (Wildman–Crippen LogP) is 4.43. The predicted molar refractivity (Wildman–Crippen MR) is 166 cm³/mol. The zero-order chi connectivity index (χ0) is 30.9. The van der Waals surface area contributed by atoms with Gasteiger partial charge in [-0.2, -0.15) is 0 Å². The van der Waals surface area contributed by atoms with Crippen molar-refractivity contribution in [3.63, 3.8) is 0 Å². The van der Waals surface area contributed by atoms with E-state index in [4.69, 9.17) is 4.74 Å². The Labute approximate surface area is 259 Å². The number of nitrogens with zero attached hydrogens (tertiary/aromatic N) is 1. The first-order valence-electron chi connectivity index (χ1n) is 14.3. The van der Waals surface area contributed by atoms with E-state index in [-0.39, 0.29) is 37.5 Å². The number of phenols is 1. The average molecular weight is 654 g/mol. The molecule has 0 saturated heterocycles. The van der Waals surface area contributed by atoms with Crippen molar-refractivity contribution >= 4 is 50.5 Å². The highest BCUT2D eigenvalue weighted by molar-refractivity contribution is 9.10. The Morgan fingerprint density at radius 1 is 1.00 bits per heavy atom. The maximum absolute atomic E-state index is 14.1. The molecule has 10 nitrogen and oxygen atoms in total. The second kappa shape index (κ2) is 14.9. The Hall–Kier alpha value is -4.12. The third-order valence-corrected chi connectivity index (χ3v) is 8.17. The van der Waals surface area contributed by atoms with Crippen molar-refractivity contribution in [2.24, 2.45) is 0 Å². The Bertz CT molecular complexity index is 1480. The molecule has 0 saturated carbocycles. The molecule has 0 bridgehead atoms. The molecule has 3 amide bonds. The summed E-state index contributed by atoms with van der Waals surface area (Å²) in [7, 11) is 1.53. The number of esters is 1. The zero-order valence-corrected chi connectivity index (χ0v) is 25.9. The Balaban J connectivity index is 1.69. The second-order valence-corrected chi connectivity index (χ2v) is 11.4. The number of carbonyl (C=O) groups is 4. The van der Waals surface area contributed by atoms with Crippen LogP contribution < -0.4 is 10.6 Å². The summed E-state index contributed by atoms with van der Waals surface area (Å²) in [5.74, 6) is -1.62. The van der Waals surface area contributed by atoms with Crippen LogP contribution in [0, 0.1) is 0 Å². The molecule has 0 aliphatic carbocycles. The molecule has 43 heavy (non-hydrogen) atoms. The van der Waals surface area contributed by atoms with Crippen LogP contribution in [0.25, 0.3) is 10.9 Å². The number of amides is 3. The fraction of sp³-hybridized carbons (Fsp3) is 0.375. The molecule has 3 aromatic rings. The minimum atomic E-state index is -0.997. The van der Waals surface area contributed by atoms with Crippen molar-refractivity contribution in [1.29, 1.82) is 0 Å². The normalized spacial score (nSPS) is 21.8. The van der Waals surface area contributed by atoms with Gasteiger partial charge >= 0.3 is 5.97 Å². The summed E-state index contributed by atoms with van der Waals surface area (Å²) in [6, 6.07) is 11.2. The van der Waals surface area contributed by atoms with E-state index in [1.165, 1.54) is 24.1 Å². The number of likely N-dealkylation sites (N-methyl/N-ethyl adjacent to an activating group) is 1. The van der Waals surface area contributed by atoms with Crippen LogP contribution in [-0.2, 0) is 30.3 Å². The van der Waals surface area contributed by atoms with Gasteiger partial charge < -0.3 is 30.4 Å². The number of phenolic OH excluding ortho intramolecular Hbond substituents is 1. The largest absolute Gasteiger partial charge is 0.508 e. The molecule has 3 unspecified atom stereocenters. The van der Waals surface area contributed by atoms with Gasteiger partial charge in [-0.15, -0.1) is 0 Å². The number of benzene rings is 2. The molecule has 1 aliphatic heterocycles. The number of halogens is 1. The number of hydrogen-bond acceptors (Lipinski definition) is 6. The summed E-state index contributed by atoms with van der Waals surface area (Å²) >= 11 is 3.58. The van der Waals surface area contributed by atoms with Gasteiger partial charge in [0.15, 0.2) is 0 Å². The molecular formula is C32H37BrN4O6. The first-order valence-corrected chi connectivity index (χ1v) is 15.1. The van der Waals surface area contributed by atoms with Gasteiger partial charge in [-0.05, 0) is 71.4 Å². The van der Waals surface area contributed by atoms with Crippen LogP contribution in [0.5, 0.6) is 5.75 Å². The van der Waals surface area contributed by atoms with E-state index in [0.29, 0.717) is 29.4 Å². The van der Waals surface area contributed by atoms with Crippen LogP contribution >= 0.6 is 15.9 Å². The molecule has 0 spiro atoms. The number of carbonyl (C=O) groups excluding carboxylic acids is 4. The quantitative estimate of drug-likeness (QED) is 0.244. The van der Waals surface area contributed by atoms with Crippen LogP contribution in [0.2, 0.25) is 0 Å². The molecule has 1 aliphatic rings. The van der Waals surface area contributed by atoms with Crippen LogP contribution in [-0.4, -0.2) is 64.4 Å². The van der Waals surface area contributed by atoms with Gasteiger partial charge in [0, 0.05) is 30.8 Å². The Kier molecular flexibility index (Phi) is 11.0. The monoisotopic (exact) mass is 652 g/mol. The second-order valence-electron chi connectivity index (χ2n) is 10.7. The van der Waals surface area contributed by atoms with E-state index in [1.54, 1.807) is 19.1 Å². The maximum atomic E-state index is 14.1. The summed E-state index contributed by atoms with van der Waals surface area (Å²) < 4.78 is 6.14. The fourth-order valence-electron chi connectivity index (χ4n) is 5.09. The number of rotatable bonds is 3. The lowest BCUT2D eigenvalue weighted by Crippen LogP contribution is -2.54. The maximum Gasteiger partial charge on any atom is 0.308 e. The number of hydrogen-bond donors (Lipinski definition) is 4. The van der Waals surface area contributed by atoms with Gasteiger partial charge in [-0.25, -0.2) is 0 Å². The molecule has 1 aromatic heterocycles. The summed E-state index contributed by atoms with van der Waals surface area (Å²) in [5, 5.41) is 16.4. The van der Waals surface area contributed by atoms with Crippen molar-refractivity contribution in [2.45, 2.75) is 63.6 Å². The molecule has 0 radical (unpaired) electrons. The van der Waals surface area contributed by atoms with E-state index in [2.05, 4.69) is 31.5 Å². The van der Waals surface area contributed by atoms with Gasteiger partial charge in [0.1, 0.15) is 17.8 Å². The van der Waals surface area contributed by atoms with E-state index in [9.17, 15) is 24.3 Å². The lowest BCUT2D eigenvalue weighted by molar-refractivity contribution is -0.145. The number of aromatic hydroxyl groups is 1. The molecule has 3 atom stereocenters. The van der Waals surface area contributed by atoms with E-state index in [1.807, 2.05) is 36.4 Å². The van der Waals surface area contributed by atoms with E-state index < -0.39 is 35.9 Å². The minimum Gasteiger partial charge on any atom is -0.508 e. The first kappa shape index (κ1) is 31.8. The highest BCUT2D eigenvalue weighted by atomic mass is 79.9. The smallest absolute Gasteiger partial charge is 0.308 e. The number of ether oxygens (including phenoxy) is 1. The van der Waals surface area contributed by atoms with E-state index in [0.717, 1.165) is 16.5 Å². The van der Waals surface area contributed by atoms with Crippen molar-refractivity contribution in [3.05, 3.63) is 76.4 Å². The molecule has 11 heteroatoms. The molecular weight excluding hydrogens is 616 g/mol. The number of para-hydroxylation sites is 1. The molecule has 4 rings (SSSR count). The Morgan fingerprint density at radius 2 is 1.72 bits per heavy atom. The number of cyclic esters (lactones) is 1. The lowest BCUT2D eigenvalue weighted by atomic mass is 9.99. The van der Waals surface area contributed by atoms with Gasteiger partial charge in [-0.1, -0.05) is 42.5 Å². The van der Waals surface area contributed by atoms with Crippen LogP contribution in [0.4, 0.5) is 0 Å². The number of aromatic nitrogens is 1. The van der Waals surface area contributed by atoms with Gasteiger partial charge in [0.25, 0.3) is 0 Å². The average Bonchev–Trinajstić information content (AvgIpc) is 3.30. The summed E-state index contributed by atoms with van der Waals surface area (Å²) in [5.41, 5.74) is 2.27. The number of aromatic amines is 1. The molecule has 4 N–H and O–H groups in total. The number of H-pyrrole nitrogens is 1. The van der Waals surface area contributed by atoms with Crippen molar-refractivity contribution in [1.82, 2.24) is 20.5 Å². The molecule has 0 fully saturated rings. The van der Waals surface area contributed by atoms with Gasteiger partial charge in [-0.3, -0.25) is 19.2 Å². The van der Waals surface area contributed by atoms with Crippen LogP contribution in [0.3, 0.4) is 0 Å². The van der Waals surface area contributed by atoms with Crippen LogP contribution in [0.1, 0.15) is 56.2 Å². The number of nitrogens with one attached hydrogen (secondary N) is 3. The summed E-state index contributed by atoms with van der Waals surface area (Å²) in [6.07, 6.45) is 5.86. The summed E-state index contributed by atoms with van der Waals surface area (Å²) in [4.78, 5) is 57.7. The topological polar surface area (TPSA) is 141 Å². The molecule has 2 heterocycles. The van der Waals surface area contributed by atoms with Crippen LogP contribution in [0.15, 0.2) is 65.3 Å².